The highest BCUT2D eigenvalue weighted by Gasteiger charge is 2.21. The third-order valence-corrected chi connectivity index (χ3v) is 6.54. The molecule has 3 heterocycles. The first-order valence-electron chi connectivity index (χ1n) is 11.7. The van der Waals surface area contributed by atoms with Crippen molar-refractivity contribution in [1.29, 1.82) is 0 Å². The molecule has 0 amide bonds. The topological polar surface area (TPSA) is 87.7 Å². The minimum atomic E-state index is -1.35. The van der Waals surface area contributed by atoms with Gasteiger partial charge in [-0.05, 0) is 43.3 Å². The summed E-state index contributed by atoms with van der Waals surface area (Å²) in [6.45, 7) is 5.28. The first-order chi connectivity index (χ1) is 17.1. The van der Waals surface area contributed by atoms with Crippen molar-refractivity contribution in [3.63, 3.8) is 0 Å². The van der Waals surface area contributed by atoms with Crippen LogP contribution in [0.5, 0.6) is 5.75 Å². The summed E-state index contributed by atoms with van der Waals surface area (Å²) in [6, 6.07) is 20.0. The molecule has 8 heteroatoms. The number of imidazole rings is 1. The SMILES string of the molecule is CCn1c2ccccc2c2cc(-c3nc4cc(OC(=O)O)ccc4n3CC3COCCO3)ccc21. The molecule has 0 aliphatic carbocycles. The monoisotopic (exact) mass is 471 g/mol. The number of carboxylic acid groups (broad SMARTS) is 1. The summed E-state index contributed by atoms with van der Waals surface area (Å²) in [6.07, 6.45) is -1.45. The van der Waals surface area contributed by atoms with E-state index in [0.29, 0.717) is 31.9 Å². The Bertz CT molecular complexity index is 1560. The van der Waals surface area contributed by atoms with Crippen LogP contribution in [-0.2, 0) is 22.6 Å². The van der Waals surface area contributed by atoms with Crippen LogP contribution in [0.1, 0.15) is 6.92 Å². The summed E-state index contributed by atoms with van der Waals surface area (Å²) in [5.41, 5.74) is 4.90. The van der Waals surface area contributed by atoms with Gasteiger partial charge in [0.15, 0.2) is 0 Å². The van der Waals surface area contributed by atoms with Crippen LogP contribution in [0.25, 0.3) is 44.2 Å². The van der Waals surface area contributed by atoms with Crippen LogP contribution in [0, 0.1) is 0 Å². The molecule has 0 bridgehead atoms. The lowest BCUT2D eigenvalue weighted by atomic mass is 10.1. The maximum absolute atomic E-state index is 11.0. The third-order valence-electron chi connectivity index (χ3n) is 6.54. The van der Waals surface area contributed by atoms with Gasteiger partial charge >= 0.3 is 6.16 Å². The van der Waals surface area contributed by atoms with Crippen molar-refractivity contribution in [2.75, 3.05) is 19.8 Å². The average molecular weight is 472 g/mol. The van der Waals surface area contributed by atoms with Crippen LogP contribution >= 0.6 is 0 Å². The quantitative estimate of drug-likeness (QED) is 0.276. The van der Waals surface area contributed by atoms with Crippen LogP contribution in [0.2, 0.25) is 0 Å². The molecule has 0 saturated carbocycles. The zero-order valence-electron chi connectivity index (χ0n) is 19.3. The van der Waals surface area contributed by atoms with Crippen molar-refractivity contribution >= 4 is 39.0 Å². The molecular formula is C27H25N3O5. The van der Waals surface area contributed by atoms with Crippen LogP contribution in [0.3, 0.4) is 0 Å². The van der Waals surface area contributed by atoms with E-state index in [1.54, 1.807) is 12.1 Å². The number of hydrogen-bond acceptors (Lipinski definition) is 5. The summed E-state index contributed by atoms with van der Waals surface area (Å²) in [5.74, 6) is 1.02. The Morgan fingerprint density at radius 3 is 2.66 bits per heavy atom. The molecule has 1 unspecified atom stereocenters. The van der Waals surface area contributed by atoms with E-state index in [-0.39, 0.29) is 11.9 Å². The van der Waals surface area contributed by atoms with E-state index in [1.165, 1.54) is 21.8 Å². The fraction of sp³-hybridized carbons (Fsp3) is 0.259. The Morgan fingerprint density at radius 2 is 1.86 bits per heavy atom. The second-order valence-electron chi connectivity index (χ2n) is 8.63. The van der Waals surface area contributed by atoms with E-state index in [2.05, 4.69) is 58.5 Å². The van der Waals surface area contributed by atoms with Crippen LogP contribution in [0.4, 0.5) is 4.79 Å². The summed E-state index contributed by atoms with van der Waals surface area (Å²) in [4.78, 5) is 16.0. The fourth-order valence-electron chi connectivity index (χ4n) is 5.06. The predicted octanol–water partition coefficient (Wildman–Crippen LogP) is 5.30. The Morgan fingerprint density at radius 1 is 1.03 bits per heavy atom. The smallest absolute Gasteiger partial charge is 0.449 e. The number of para-hydroxylation sites is 1. The van der Waals surface area contributed by atoms with Crippen molar-refractivity contribution in [3.05, 3.63) is 60.7 Å². The number of ether oxygens (including phenoxy) is 3. The zero-order valence-corrected chi connectivity index (χ0v) is 19.3. The Hall–Kier alpha value is -3.88. The minimum Gasteiger partial charge on any atom is -0.449 e. The Kier molecular flexibility index (Phi) is 5.39. The normalized spacial score (nSPS) is 16.3. The molecule has 1 aliphatic heterocycles. The van der Waals surface area contributed by atoms with Gasteiger partial charge in [-0.3, -0.25) is 0 Å². The van der Waals surface area contributed by atoms with Gasteiger partial charge in [0.1, 0.15) is 11.6 Å². The van der Waals surface area contributed by atoms with E-state index in [9.17, 15) is 4.79 Å². The second kappa shape index (κ2) is 8.72. The van der Waals surface area contributed by atoms with Crippen molar-refractivity contribution in [2.24, 2.45) is 0 Å². The van der Waals surface area contributed by atoms with Gasteiger partial charge in [-0.25, -0.2) is 9.78 Å². The minimum absolute atomic E-state index is 0.0967. The molecule has 2 aromatic heterocycles. The zero-order chi connectivity index (χ0) is 23.9. The molecule has 5 aromatic rings. The van der Waals surface area contributed by atoms with E-state index in [4.69, 9.17) is 24.3 Å². The van der Waals surface area contributed by atoms with Crippen molar-refractivity contribution in [1.82, 2.24) is 14.1 Å². The average Bonchev–Trinajstić information content (AvgIpc) is 3.39. The summed E-state index contributed by atoms with van der Waals surface area (Å²) in [7, 11) is 0. The number of carbonyl (C=O) groups is 1. The Labute approximate surface area is 201 Å². The number of rotatable bonds is 5. The van der Waals surface area contributed by atoms with Gasteiger partial charge in [0.05, 0.1) is 43.5 Å². The molecule has 35 heavy (non-hydrogen) atoms. The number of hydrogen-bond donors (Lipinski definition) is 1. The van der Waals surface area contributed by atoms with Gasteiger partial charge in [0.2, 0.25) is 0 Å². The third kappa shape index (κ3) is 3.80. The molecule has 0 radical (unpaired) electrons. The van der Waals surface area contributed by atoms with Gasteiger partial charge in [0, 0.05) is 40.0 Å². The molecule has 1 aliphatic rings. The molecule has 1 saturated heterocycles. The summed E-state index contributed by atoms with van der Waals surface area (Å²) < 4.78 is 20.9. The molecule has 6 rings (SSSR count). The van der Waals surface area contributed by atoms with E-state index in [0.717, 1.165) is 23.4 Å². The highest BCUT2D eigenvalue weighted by atomic mass is 16.7. The number of aryl methyl sites for hydroxylation is 1. The van der Waals surface area contributed by atoms with Crippen molar-refractivity contribution in [2.45, 2.75) is 26.1 Å². The molecular weight excluding hydrogens is 446 g/mol. The fourth-order valence-corrected chi connectivity index (χ4v) is 5.06. The molecule has 8 nitrogen and oxygen atoms in total. The van der Waals surface area contributed by atoms with Gasteiger partial charge in [-0.15, -0.1) is 0 Å². The molecule has 1 atom stereocenters. The molecule has 178 valence electrons. The molecule has 1 fully saturated rings. The lowest BCUT2D eigenvalue weighted by Crippen LogP contribution is -2.32. The van der Waals surface area contributed by atoms with Crippen molar-refractivity contribution < 1.29 is 24.1 Å². The number of nitrogens with zero attached hydrogens (tertiary/aromatic N) is 3. The number of fused-ring (bicyclic) bond motifs is 4. The maximum Gasteiger partial charge on any atom is 0.511 e. The van der Waals surface area contributed by atoms with Crippen LogP contribution in [0.15, 0.2) is 60.7 Å². The second-order valence-corrected chi connectivity index (χ2v) is 8.63. The highest BCUT2D eigenvalue weighted by Crippen LogP contribution is 2.34. The van der Waals surface area contributed by atoms with Crippen molar-refractivity contribution in [3.8, 4) is 17.1 Å². The number of benzene rings is 3. The lowest BCUT2D eigenvalue weighted by molar-refractivity contribution is -0.0931. The van der Waals surface area contributed by atoms with Crippen LogP contribution < -0.4 is 4.74 Å². The predicted molar refractivity (Wildman–Crippen MR) is 133 cm³/mol. The van der Waals surface area contributed by atoms with Gasteiger partial charge in [-0.1, -0.05) is 18.2 Å². The van der Waals surface area contributed by atoms with Crippen LogP contribution in [-0.4, -0.2) is 51.3 Å². The van der Waals surface area contributed by atoms with Gasteiger partial charge in [0.25, 0.3) is 0 Å². The highest BCUT2D eigenvalue weighted by molar-refractivity contribution is 6.09. The molecule has 3 aromatic carbocycles. The summed E-state index contributed by atoms with van der Waals surface area (Å²) in [5, 5.41) is 11.4. The van der Waals surface area contributed by atoms with Gasteiger partial charge < -0.3 is 28.5 Å². The Balaban J connectivity index is 1.53. The number of aromatic nitrogens is 3. The van der Waals surface area contributed by atoms with E-state index in [1.807, 2.05) is 6.07 Å². The first-order valence-corrected chi connectivity index (χ1v) is 11.7. The largest absolute Gasteiger partial charge is 0.511 e. The molecule has 0 spiro atoms. The maximum atomic E-state index is 11.0. The lowest BCUT2D eigenvalue weighted by Gasteiger charge is -2.24. The summed E-state index contributed by atoms with van der Waals surface area (Å²) >= 11 is 0. The molecule has 1 N–H and O–H groups in total. The van der Waals surface area contributed by atoms with E-state index >= 15 is 0 Å². The standard InChI is InChI=1S/C27H25N3O5/c1-2-29-23-6-4-3-5-20(23)21-13-17(7-9-24(21)29)26-28-22-14-18(35-27(31)32)8-10-25(22)30(26)15-19-16-33-11-12-34-19/h3-10,13-14,19H,2,11-12,15-16H2,1H3,(H,31,32). The van der Waals surface area contributed by atoms with E-state index < -0.39 is 6.16 Å². The first kappa shape index (κ1) is 21.6. The van der Waals surface area contributed by atoms with Gasteiger partial charge in [-0.2, -0.15) is 0 Å².